The highest BCUT2D eigenvalue weighted by Crippen LogP contribution is 2.28. The van der Waals surface area contributed by atoms with E-state index < -0.39 is 0 Å². The Kier molecular flexibility index (Phi) is 4.33. The maximum atomic E-state index is 11.5. The van der Waals surface area contributed by atoms with Crippen molar-refractivity contribution >= 4 is 22.4 Å². The van der Waals surface area contributed by atoms with Crippen molar-refractivity contribution in [3.63, 3.8) is 0 Å². The van der Waals surface area contributed by atoms with Gasteiger partial charge in [0.2, 0.25) is 0 Å². The maximum absolute atomic E-state index is 11.5. The van der Waals surface area contributed by atoms with Crippen LogP contribution in [0, 0.1) is 5.92 Å². The molecule has 0 spiro atoms. The van der Waals surface area contributed by atoms with Gasteiger partial charge in [-0.1, -0.05) is 0 Å². The molecule has 1 saturated carbocycles. The smallest absolute Gasteiger partial charge is 0.270 e. The first-order valence-electron chi connectivity index (χ1n) is 5.82. The van der Waals surface area contributed by atoms with Gasteiger partial charge in [0.1, 0.15) is 5.69 Å². The summed E-state index contributed by atoms with van der Waals surface area (Å²) in [5.74, 6) is 0.628. The summed E-state index contributed by atoms with van der Waals surface area (Å²) >= 11 is 1.27. The Labute approximate surface area is 104 Å². The number of nitrogen functional groups attached to an aromatic ring is 1. The summed E-state index contributed by atoms with van der Waals surface area (Å²) in [6.07, 6.45) is 3.45. The maximum Gasteiger partial charge on any atom is 0.270 e. The molecule has 0 bridgehead atoms. The third kappa shape index (κ3) is 4.32. The normalized spacial score (nSPS) is 14.8. The van der Waals surface area contributed by atoms with E-state index in [1.165, 1.54) is 24.2 Å². The van der Waals surface area contributed by atoms with Crippen molar-refractivity contribution in [3.05, 3.63) is 11.1 Å². The lowest BCUT2D eigenvalue weighted by Gasteiger charge is -2.04. The zero-order valence-electron chi connectivity index (χ0n) is 9.65. The minimum absolute atomic E-state index is 0.167. The quantitative estimate of drug-likeness (QED) is 0.719. The Morgan fingerprint density at radius 1 is 1.65 bits per heavy atom. The average molecular weight is 255 g/mol. The van der Waals surface area contributed by atoms with Crippen LogP contribution < -0.4 is 11.1 Å². The molecule has 1 heterocycles. The van der Waals surface area contributed by atoms with Gasteiger partial charge in [-0.2, -0.15) is 0 Å². The predicted molar refractivity (Wildman–Crippen MR) is 67.0 cm³/mol. The van der Waals surface area contributed by atoms with Crippen LogP contribution in [0.15, 0.2) is 5.38 Å². The van der Waals surface area contributed by atoms with Crippen LogP contribution in [0.3, 0.4) is 0 Å². The number of carbonyl (C=O) groups excluding carboxylic acids is 1. The molecule has 1 aromatic rings. The Bertz CT molecular complexity index is 377. The zero-order valence-corrected chi connectivity index (χ0v) is 10.5. The Balaban J connectivity index is 1.53. The lowest BCUT2D eigenvalue weighted by molar-refractivity contribution is 0.0933. The highest BCUT2D eigenvalue weighted by molar-refractivity contribution is 7.13. The van der Waals surface area contributed by atoms with E-state index in [0.29, 0.717) is 24.0 Å². The van der Waals surface area contributed by atoms with Crippen LogP contribution in [0.2, 0.25) is 0 Å². The number of thiazole rings is 1. The molecule has 17 heavy (non-hydrogen) atoms. The van der Waals surface area contributed by atoms with Gasteiger partial charge in [0.05, 0.1) is 0 Å². The molecule has 0 aliphatic heterocycles. The van der Waals surface area contributed by atoms with Crippen molar-refractivity contribution in [1.29, 1.82) is 0 Å². The van der Waals surface area contributed by atoms with E-state index in [1.807, 2.05) is 0 Å². The molecular weight excluding hydrogens is 238 g/mol. The van der Waals surface area contributed by atoms with Gasteiger partial charge in [-0.15, -0.1) is 11.3 Å². The molecule has 1 aromatic heterocycles. The zero-order chi connectivity index (χ0) is 12.1. The Hall–Kier alpha value is -1.14. The molecule has 3 N–H and O–H groups in total. The molecule has 0 saturated heterocycles. The highest BCUT2D eigenvalue weighted by atomic mass is 32.1. The van der Waals surface area contributed by atoms with E-state index in [0.717, 1.165) is 18.9 Å². The van der Waals surface area contributed by atoms with E-state index in [2.05, 4.69) is 10.3 Å². The van der Waals surface area contributed by atoms with Gasteiger partial charge in [0.15, 0.2) is 5.13 Å². The fraction of sp³-hybridized carbons (Fsp3) is 0.636. The molecule has 0 atom stereocenters. The van der Waals surface area contributed by atoms with Crippen molar-refractivity contribution in [2.45, 2.75) is 19.3 Å². The van der Waals surface area contributed by atoms with Crippen LogP contribution >= 0.6 is 11.3 Å². The van der Waals surface area contributed by atoms with E-state index >= 15 is 0 Å². The summed E-state index contributed by atoms with van der Waals surface area (Å²) < 4.78 is 5.46. The third-order valence-electron chi connectivity index (χ3n) is 2.56. The predicted octanol–water partition coefficient (Wildman–Crippen LogP) is 1.27. The lowest BCUT2D eigenvalue weighted by Crippen LogP contribution is -2.25. The second-order valence-corrected chi connectivity index (χ2v) is 5.09. The van der Waals surface area contributed by atoms with Crippen LogP contribution in [-0.2, 0) is 4.74 Å². The molecule has 94 valence electrons. The number of nitrogens with one attached hydrogen (secondary N) is 1. The second kappa shape index (κ2) is 5.97. The molecule has 0 unspecified atom stereocenters. The second-order valence-electron chi connectivity index (χ2n) is 4.20. The lowest BCUT2D eigenvalue weighted by atomic mass is 10.4. The van der Waals surface area contributed by atoms with Crippen LogP contribution in [0.4, 0.5) is 5.13 Å². The number of hydrogen-bond acceptors (Lipinski definition) is 5. The SMILES string of the molecule is Nc1nc(C(=O)NCCCOCC2CC2)cs1. The summed E-state index contributed by atoms with van der Waals surface area (Å²) in [6, 6.07) is 0. The summed E-state index contributed by atoms with van der Waals surface area (Å²) in [5, 5.41) is 4.87. The highest BCUT2D eigenvalue weighted by Gasteiger charge is 2.20. The number of nitrogens with two attached hydrogens (primary N) is 1. The summed E-state index contributed by atoms with van der Waals surface area (Å²) in [5.41, 5.74) is 5.85. The molecule has 0 radical (unpaired) electrons. The minimum atomic E-state index is -0.167. The summed E-state index contributed by atoms with van der Waals surface area (Å²) in [6.45, 7) is 2.19. The molecule has 1 aliphatic rings. The summed E-state index contributed by atoms with van der Waals surface area (Å²) in [4.78, 5) is 15.5. The van der Waals surface area contributed by atoms with Crippen LogP contribution in [0.1, 0.15) is 29.8 Å². The molecule has 5 nitrogen and oxygen atoms in total. The fourth-order valence-corrected chi connectivity index (χ4v) is 1.94. The van der Waals surface area contributed by atoms with Crippen molar-refractivity contribution in [2.75, 3.05) is 25.5 Å². The number of ether oxygens (including phenoxy) is 1. The van der Waals surface area contributed by atoms with E-state index in [-0.39, 0.29) is 5.91 Å². The fourth-order valence-electron chi connectivity index (χ4n) is 1.39. The first kappa shape index (κ1) is 12.3. The molecule has 2 rings (SSSR count). The van der Waals surface area contributed by atoms with Crippen molar-refractivity contribution in [3.8, 4) is 0 Å². The van der Waals surface area contributed by atoms with Crippen LogP contribution in [-0.4, -0.2) is 30.6 Å². The van der Waals surface area contributed by atoms with E-state index in [4.69, 9.17) is 10.5 Å². The first-order valence-corrected chi connectivity index (χ1v) is 6.70. The van der Waals surface area contributed by atoms with E-state index in [1.54, 1.807) is 5.38 Å². The number of nitrogens with zero attached hydrogens (tertiary/aromatic N) is 1. The first-order chi connectivity index (χ1) is 8.25. The van der Waals surface area contributed by atoms with Crippen molar-refractivity contribution in [2.24, 2.45) is 5.92 Å². The number of hydrogen-bond donors (Lipinski definition) is 2. The number of aromatic nitrogens is 1. The van der Waals surface area contributed by atoms with Crippen LogP contribution in [0.25, 0.3) is 0 Å². The largest absolute Gasteiger partial charge is 0.381 e. The molecule has 1 aliphatic carbocycles. The Morgan fingerprint density at radius 3 is 3.12 bits per heavy atom. The Morgan fingerprint density at radius 2 is 2.47 bits per heavy atom. The standard InChI is InChI=1S/C11H17N3O2S/c12-11-14-9(7-17-11)10(15)13-4-1-5-16-6-8-2-3-8/h7-8H,1-6H2,(H2,12,14)(H,13,15). The molecule has 1 amide bonds. The van der Waals surface area contributed by atoms with Crippen LogP contribution in [0.5, 0.6) is 0 Å². The average Bonchev–Trinajstić information content (AvgIpc) is 3.04. The summed E-state index contributed by atoms with van der Waals surface area (Å²) in [7, 11) is 0. The number of amides is 1. The minimum Gasteiger partial charge on any atom is -0.381 e. The van der Waals surface area contributed by atoms with Crippen molar-refractivity contribution < 1.29 is 9.53 Å². The van der Waals surface area contributed by atoms with Gasteiger partial charge in [0.25, 0.3) is 5.91 Å². The molecule has 6 heteroatoms. The van der Waals surface area contributed by atoms with Gasteiger partial charge in [0, 0.05) is 25.1 Å². The van der Waals surface area contributed by atoms with Gasteiger partial charge in [-0.05, 0) is 25.2 Å². The molecule has 1 fully saturated rings. The molecular formula is C11H17N3O2S. The van der Waals surface area contributed by atoms with E-state index in [9.17, 15) is 4.79 Å². The van der Waals surface area contributed by atoms with Gasteiger partial charge in [-0.3, -0.25) is 4.79 Å². The topological polar surface area (TPSA) is 77.2 Å². The van der Waals surface area contributed by atoms with Crippen molar-refractivity contribution in [1.82, 2.24) is 10.3 Å². The van der Waals surface area contributed by atoms with Gasteiger partial charge in [-0.25, -0.2) is 4.98 Å². The number of anilines is 1. The number of carbonyl (C=O) groups is 1. The van der Waals surface area contributed by atoms with Gasteiger partial charge < -0.3 is 15.8 Å². The monoisotopic (exact) mass is 255 g/mol. The molecule has 0 aromatic carbocycles. The number of rotatable bonds is 7. The third-order valence-corrected chi connectivity index (χ3v) is 3.23. The van der Waals surface area contributed by atoms with Gasteiger partial charge >= 0.3 is 0 Å².